The van der Waals surface area contributed by atoms with Gasteiger partial charge < -0.3 is 9.47 Å². The summed E-state index contributed by atoms with van der Waals surface area (Å²) < 4.78 is 61.3. The van der Waals surface area contributed by atoms with Gasteiger partial charge in [0.05, 0.1) is 33.8 Å². The van der Waals surface area contributed by atoms with E-state index in [1.165, 1.54) is 36.8 Å². The van der Waals surface area contributed by atoms with Gasteiger partial charge in [0.25, 0.3) is 0 Å². The van der Waals surface area contributed by atoms with E-state index < -0.39 is 19.7 Å². The Bertz CT molecular complexity index is 1210. The quantitative estimate of drug-likeness (QED) is 0.400. The van der Waals surface area contributed by atoms with Crippen molar-refractivity contribution in [3.8, 4) is 11.5 Å². The minimum atomic E-state index is -3.62. The van der Waals surface area contributed by atoms with E-state index in [0.29, 0.717) is 22.6 Å². The molecule has 0 aliphatic heterocycles. The molecular weight excluding hydrogens is 448 g/mol. The molecule has 32 heavy (non-hydrogen) atoms. The molecule has 0 bridgehead atoms. The van der Waals surface area contributed by atoms with E-state index in [1.54, 1.807) is 48.5 Å². The second kappa shape index (κ2) is 9.84. The van der Waals surface area contributed by atoms with E-state index in [1.807, 2.05) is 0 Å². The Morgan fingerprint density at radius 3 is 1.34 bits per heavy atom. The van der Waals surface area contributed by atoms with Crippen molar-refractivity contribution in [3.63, 3.8) is 0 Å². The topological polar surface area (TPSA) is 86.7 Å². The number of sulfone groups is 2. The van der Waals surface area contributed by atoms with Gasteiger partial charge in [0, 0.05) is 0 Å². The van der Waals surface area contributed by atoms with E-state index in [2.05, 4.69) is 13.2 Å². The standard InChI is InChI=1S/C24H22O6S2/c1-3-29-21-8-12-23(13-9-21)31(25,26)17-19-6-5-7-20(16-19)18-32(27,28)24-14-10-22(11-15-24)30-4-2/h3-16H,1-2,17-18H2. The lowest BCUT2D eigenvalue weighted by atomic mass is 10.2. The molecule has 0 aromatic heterocycles. The maximum atomic E-state index is 12.8. The fourth-order valence-corrected chi connectivity index (χ4v) is 5.73. The highest BCUT2D eigenvalue weighted by molar-refractivity contribution is 7.91. The highest BCUT2D eigenvalue weighted by Crippen LogP contribution is 2.23. The first-order valence-electron chi connectivity index (χ1n) is 9.52. The van der Waals surface area contributed by atoms with Crippen LogP contribution in [0.1, 0.15) is 11.1 Å². The van der Waals surface area contributed by atoms with E-state index in [-0.39, 0.29) is 21.3 Å². The second-order valence-electron chi connectivity index (χ2n) is 6.85. The summed E-state index contributed by atoms with van der Waals surface area (Å²) in [7, 11) is -7.24. The first-order valence-corrected chi connectivity index (χ1v) is 12.8. The van der Waals surface area contributed by atoms with E-state index in [9.17, 15) is 16.8 Å². The first-order chi connectivity index (χ1) is 15.2. The molecule has 166 valence electrons. The molecule has 0 atom stereocenters. The third kappa shape index (κ3) is 5.87. The molecule has 0 saturated carbocycles. The van der Waals surface area contributed by atoms with Crippen LogP contribution in [-0.4, -0.2) is 16.8 Å². The van der Waals surface area contributed by atoms with Crippen molar-refractivity contribution in [1.29, 1.82) is 0 Å². The van der Waals surface area contributed by atoms with E-state index in [4.69, 9.17) is 9.47 Å². The maximum Gasteiger partial charge on any atom is 0.182 e. The van der Waals surface area contributed by atoms with Crippen molar-refractivity contribution < 1.29 is 26.3 Å². The first kappa shape index (κ1) is 23.3. The van der Waals surface area contributed by atoms with Crippen molar-refractivity contribution in [2.45, 2.75) is 21.3 Å². The number of benzene rings is 3. The zero-order valence-corrected chi connectivity index (χ0v) is 18.8. The molecule has 0 amide bonds. The Morgan fingerprint density at radius 1 is 0.625 bits per heavy atom. The SMILES string of the molecule is C=COc1ccc(S(=O)(=O)Cc2cccc(CS(=O)(=O)c3ccc(OC=C)cc3)c2)cc1. The van der Waals surface area contributed by atoms with Crippen LogP contribution in [0.3, 0.4) is 0 Å². The van der Waals surface area contributed by atoms with Gasteiger partial charge in [-0.1, -0.05) is 37.4 Å². The fourth-order valence-electron chi connectivity index (χ4n) is 3.06. The van der Waals surface area contributed by atoms with Crippen molar-refractivity contribution in [2.24, 2.45) is 0 Å². The fraction of sp³-hybridized carbons (Fsp3) is 0.0833. The molecule has 0 N–H and O–H groups in total. The highest BCUT2D eigenvalue weighted by Gasteiger charge is 2.18. The van der Waals surface area contributed by atoms with Crippen LogP contribution in [0.25, 0.3) is 0 Å². The molecular formula is C24H22O6S2. The lowest BCUT2D eigenvalue weighted by Gasteiger charge is -2.09. The minimum absolute atomic E-state index is 0.147. The van der Waals surface area contributed by atoms with Crippen LogP contribution in [0.15, 0.2) is 108 Å². The van der Waals surface area contributed by atoms with Gasteiger partial charge in [0.2, 0.25) is 0 Å². The van der Waals surface area contributed by atoms with Gasteiger partial charge in [-0.25, -0.2) is 16.8 Å². The molecule has 0 aliphatic rings. The summed E-state index contributed by atoms with van der Waals surface area (Å²) in [5.41, 5.74) is 0.998. The monoisotopic (exact) mass is 470 g/mol. The summed E-state index contributed by atoms with van der Waals surface area (Å²) in [5, 5.41) is 0. The summed E-state index contributed by atoms with van der Waals surface area (Å²) in [6.07, 6.45) is 2.51. The lowest BCUT2D eigenvalue weighted by molar-refractivity contribution is 0.482. The molecule has 6 nitrogen and oxygen atoms in total. The molecule has 0 fully saturated rings. The van der Waals surface area contributed by atoms with Gasteiger partial charge in [-0.05, 0) is 59.7 Å². The molecule has 8 heteroatoms. The van der Waals surface area contributed by atoms with Gasteiger partial charge in [0.1, 0.15) is 11.5 Å². The largest absolute Gasteiger partial charge is 0.466 e. The molecule has 0 unspecified atom stereocenters. The Labute approximate surface area is 188 Å². The van der Waals surface area contributed by atoms with Crippen LogP contribution in [0.5, 0.6) is 11.5 Å². The van der Waals surface area contributed by atoms with Crippen LogP contribution in [0.2, 0.25) is 0 Å². The third-order valence-corrected chi connectivity index (χ3v) is 7.92. The van der Waals surface area contributed by atoms with Gasteiger partial charge >= 0.3 is 0 Å². The Kier molecular flexibility index (Phi) is 7.17. The number of hydrogen-bond donors (Lipinski definition) is 0. The lowest BCUT2D eigenvalue weighted by Crippen LogP contribution is -2.07. The zero-order valence-electron chi connectivity index (χ0n) is 17.2. The van der Waals surface area contributed by atoms with Gasteiger partial charge in [-0.15, -0.1) is 0 Å². The molecule has 3 aromatic carbocycles. The van der Waals surface area contributed by atoms with Gasteiger partial charge in [-0.3, -0.25) is 0 Å². The summed E-state index contributed by atoms with van der Waals surface area (Å²) in [6.45, 7) is 6.91. The van der Waals surface area contributed by atoms with Gasteiger partial charge in [0.15, 0.2) is 19.7 Å². The average molecular weight is 471 g/mol. The zero-order chi connectivity index (χ0) is 23.2. The van der Waals surface area contributed by atoms with Crippen molar-refractivity contribution in [3.05, 3.63) is 110 Å². The van der Waals surface area contributed by atoms with Crippen LogP contribution in [-0.2, 0) is 31.2 Å². The van der Waals surface area contributed by atoms with Crippen molar-refractivity contribution in [2.75, 3.05) is 0 Å². The van der Waals surface area contributed by atoms with Crippen molar-refractivity contribution >= 4 is 19.7 Å². The third-order valence-electron chi connectivity index (χ3n) is 4.51. The van der Waals surface area contributed by atoms with Crippen molar-refractivity contribution in [1.82, 2.24) is 0 Å². The Morgan fingerprint density at radius 2 is 1.00 bits per heavy atom. The van der Waals surface area contributed by atoms with E-state index >= 15 is 0 Å². The van der Waals surface area contributed by atoms with Gasteiger partial charge in [-0.2, -0.15) is 0 Å². The number of hydrogen-bond acceptors (Lipinski definition) is 6. The van der Waals surface area contributed by atoms with Crippen LogP contribution >= 0.6 is 0 Å². The molecule has 3 rings (SSSR count). The highest BCUT2D eigenvalue weighted by atomic mass is 32.2. The predicted molar refractivity (Wildman–Crippen MR) is 123 cm³/mol. The second-order valence-corrected chi connectivity index (χ2v) is 10.8. The maximum absolute atomic E-state index is 12.8. The number of rotatable bonds is 10. The smallest absolute Gasteiger partial charge is 0.182 e. The molecule has 3 aromatic rings. The van der Waals surface area contributed by atoms with Crippen LogP contribution in [0, 0.1) is 0 Å². The molecule has 0 spiro atoms. The minimum Gasteiger partial charge on any atom is -0.466 e. The van der Waals surface area contributed by atoms with Crippen LogP contribution in [0.4, 0.5) is 0 Å². The summed E-state index contributed by atoms with van der Waals surface area (Å²) in [6, 6.07) is 18.6. The molecule has 0 radical (unpaired) electrons. The summed E-state index contributed by atoms with van der Waals surface area (Å²) in [5.74, 6) is 0.456. The molecule has 0 heterocycles. The average Bonchev–Trinajstić information content (AvgIpc) is 2.75. The molecule has 0 saturated heterocycles. The van der Waals surface area contributed by atoms with Crippen LogP contribution < -0.4 is 9.47 Å². The summed E-state index contributed by atoms with van der Waals surface area (Å²) >= 11 is 0. The summed E-state index contributed by atoms with van der Waals surface area (Å²) in [4.78, 5) is 0.294. The van der Waals surface area contributed by atoms with E-state index in [0.717, 1.165) is 0 Å². The Balaban J connectivity index is 1.77. The number of ether oxygens (including phenoxy) is 2. The Hall–Kier alpha value is -3.36. The normalized spacial score (nSPS) is 11.5. The predicted octanol–water partition coefficient (Wildman–Crippen LogP) is 4.68. The molecule has 0 aliphatic carbocycles.